The van der Waals surface area contributed by atoms with Crippen LogP contribution >= 0.6 is 0 Å². The third-order valence-corrected chi connectivity index (χ3v) is 1.93. The molecule has 0 spiro atoms. The number of hydrogen-bond donors (Lipinski definition) is 1. The minimum Gasteiger partial charge on any atom is -0.325 e. The maximum absolute atomic E-state index is 5.97. The van der Waals surface area contributed by atoms with Crippen LogP contribution in [0.3, 0.4) is 0 Å². The van der Waals surface area contributed by atoms with Gasteiger partial charge in [-0.1, -0.05) is 5.21 Å². The normalized spacial score (nSPS) is 13.3. The zero-order chi connectivity index (χ0) is 10.1. The molecular weight excluding hydrogens is 164 g/mol. The molecule has 0 radical (unpaired) electrons. The summed E-state index contributed by atoms with van der Waals surface area (Å²) in [5, 5.41) is 7.77. The second kappa shape index (κ2) is 3.10. The third kappa shape index (κ3) is 2.81. The van der Waals surface area contributed by atoms with E-state index in [1.54, 1.807) is 6.20 Å². The van der Waals surface area contributed by atoms with Gasteiger partial charge in [0.15, 0.2) is 0 Å². The lowest BCUT2D eigenvalue weighted by Gasteiger charge is -2.32. The van der Waals surface area contributed by atoms with Crippen molar-refractivity contribution in [2.24, 2.45) is 5.73 Å². The Kier molecular flexibility index (Phi) is 2.43. The number of nitrogens with zero attached hydrogens (tertiary/aromatic N) is 3. The Hall–Kier alpha value is -0.900. The molecule has 0 aliphatic rings. The fraction of sp³-hybridized carbons (Fsp3) is 0.778. The van der Waals surface area contributed by atoms with Gasteiger partial charge in [0.25, 0.3) is 0 Å². The Morgan fingerprint density at radius 3 is 2.31 bits per heavy atom. The quantitative estimate of drug-likeness (QED) is 0.762. The molecule has 13 heavy (non-hydrogen) atoms. The van der Waals surface area contributed by atoms with Crippen LogP contribution in [0.25, 0.3) is 0 Å². The first-order valence-electron chi connectivity index (χ1n) is 4.47. The van der Waals surface area contributed by atoms with Crippen molar-refractivity contribution >= 4 is 0 Å². The van der Waals surface area contributed by atoms with E-state index in [1.165, 1.54) is 0 Å². The van der Waals surface area contributed by atoms with Crippen LogP contribution in [0, 0.1) is 0 Å². The van der Waals surface area contributed by atoms with Crippen LogP contribution in [0.1, 0.15) is 34.1 Å². The van der Waals surface area contributed by atoms with Crippen molar-refractivity contribution in [1.29, 1.82) is 0 Å². The molecule has 0 aromatic carbocycles. The van der Waals surface area contributed by atoms with E-state index in [2.05, 4.69) is 24.2 Å². The summed E-state index contributed by atoms with van der Waals surface area (Å²) in [5.41, 5.74) is 5.71. The van der Waals surface area contributed by atoms with Gasteiger partial charge < -0.3 is 5.73 Å². The Morgan fingerprint density at radius 1 is 1.31 bits per heavy atom. The lowest BCUT2D eigenvalue weighted by molar-refractivity contribution is 0.233. The molecule has 0 aliphatic heterocycles. The summed E-state index contributed by atoms with van der Waals surface area (Å²) in [4.78, 5) is 0. The Labute approximate surface area is 79.1 Å². The summed E-state index contributed by atoms with van der Waals surface area (Å²) in [6.45, 7) is 8.25. The second-order valence-electron chi connectivity index (χ2n) is 4.83. The van der Waals surface area contributed by atoms with Crippen molar-refractivity contribution in [2.45, 2.75) is 45.2 Å². The highest BCUT2D eigenvalue weighted by Crippen LogP contribution is 2.23. The van der Waals surface area contributed by atoms with Crippen molar-refractivity contribution in [2.75, 3.05) is 0 Å². The summed E-state index contributed by atoms with van der Waals surface area (Å²) in [6, 6.07) is 0. The average Bonchev–Trinajstić information content (AvgIpc) is 2.29. The number of hydrogen-bond acceptors (Lipinski definition) is 3. The van der Waals surface area contributed by atoms with Crippen molar-refractivity contribution in [1.82, 2.24) is 15.0 Å². The predicted molar refractivity (Wildman–Crippen MR) is 52.2 cm³/mol. The summed E-state index contributed by atoms with van der Waals surface area (Å²) in [5.74, 6) is 0. The van der Waals surface area contributed by atoms with E-state index in [0.717, 1.165) is 6.42 Å². The molecule has 0 aliphatic carbocycles. The highest BCUT2D eigenvalue weighted by atomic mass is 15.4. The molecule has 1 heterocycles. The minimum absolute atomic E-state index is 0.0747. The summed E-state index contributed by atoms with van der Waals surface area (Å²) in [7, 11) is 0. The highest BCUT2D eigenvalue weighted by molar-refractivity contribution is 4.87. The zero-order valence-electron chi connectivity index (χ0n) is 8.78. The van der Waals surface area contributed by atoms with Gasteiger partial charge in [-0.05, 0) is 34.1 Å². The smallest absolute Gasteiger partial charge is 0.0693 e. The molecule has 1 aromatic rings. The van der Waals surface area contributed by atoms with Crippen LogP contribution in [-0.4, -0.2) is 20.5 Å². The van der Waals surface area contributed by atoms with Gasteiger partial charge in [-0.25, -0.2) is 4.68 Å². The number of rotatable bonds is 3. The second-order valence-corrected chi connectivity index (χ2v) is 4.83. The van der Waals surface area contributed by atoms with E-state index in [4.69, 9.17) is 5.73 Å². The molecule has 0 amide bonds. The molecule has 0 fully saturated rings. The summed E-state index contributed by atoms with van der Waals surface area (Å²) >= 11 is 0. The Balaban J connectivity index is 2.78. The van der Waals surface area contributed by atoms with Crippen molar-refractivity contribution in [3.63, 3.8) is 0 Å². The van der Waals surface area contributed by atoms with Gasteiger partial charge in [-0.2, -0.15) is 0 Å². The molecular formula is C9H18N4. The zero-order valence-corrected chi connectivity index (χ0v) is 8.78. The average molecular weight is 182 g/mol. The maximum atomic E-state index is 5.97. The van der Waals surface area contributed by atoms with Crippen LogP contribution in [0.4, 0.5) is 0 Å². The standard InChI is InChI=1S/C9H18N4/c1-8(2,10)7-9(3,4)13-6-5-11-12-13/h5-6H,7,10H2,1-4H3. The van der Waals surface area contributed by atoms with Crippen LogP contribution in [0.15, 0.2) is 12.4 Å². The summed E-state index contributed by atoms with van der Waals surface area (Å²) in [6.07, 6.45) is 4.42. The topological polar surface area (TPSA) is 56.7 Å². The van der Waals surface area contributed by atoms with Crippen LogP contribution in [-0.2, 0) is 5.54 Å². The van der Waals surface area contributed by atoms with Crippen LogP contribution < -0.4 is 5.73 Å². The van der Waals surface area contributed by atoms with Crippen molar-refractivity contribution < 1.29 is 0 Å². The number of aromatic nitrogens is 3. The van der Waals surface area contributed by atoms with Crippen molar-refractivity contribution in [3.05, 3.63) is 12.4 Å². The molecule has 0 bridgehead atoms. The predicted octanol–water partition coefficient (Wildman–Crippen LogP) is 1.14. The van der Waals surface area contributed by atoms with E-state index in [9.17, 15) is 0 Å². The maximum Gasteiger partial charge on any atom is 0.0693 e. The lowest BCUT2D eigenvalue weighted by Crippen LogP contribution is -2.42. The first kappa shape index (κ1) is 10.2. The van der Waals surface area contributed by atoms with E-state index in [0.29, 0.717) is 0 Å². The fourth-order valence-corrected chi connectivity index (χ4v) is 1.73. The largest absolute Gasteiger partial charge is 0.325 e. The molecule has 1 rings (SSSR count). The molecule has 4 heteroatoms. The Morgan fingerprint density at radius 2 is 1.92 bits per heavy atom. The first-order chi connectivity index (χ1) is 5.81. The molecule has 2 N–H and O–H groups in total. The SMILES string of the molecule is CC(C)(N)CC(C)(C)n1ccnn1. The number of nitrogens with two attached hydrogens (primary N) is 1. The van der Waals surface area contributed by atoms with Gasteiger partial charge in [0, 0.05) is 11.7 Å². The summed E-state index contributed by atoms with van der Waals surface area (Å²) < 4.78 is 1.85. The molecule has 0 saturated heterocycles. The molecule has 0 unspecified atom stereocenters. The van der Waals surface area contributed by atoms with Gasteiger partial charge in [0.05, 0.1) is 11.7 Å². The van der Waals surface area contributed by atoms with E-state index < -0.39 is 0 Å². The van der Waals surface area contributed by atoms with Gasteiger partial charge in [-0.3, -0.25) is 0 Å². The Bertz CT molecular complexity index is 256. The van der Waals surface area contributed by atoms with Gasteiger partial charge in [0.1, 0.15) is 0 Å². The van der Waals surface area contributed by atoms with Crippen LogP contribution in [0.5, 0.6) is 0 Å². The minimum atomic E-state index is -0.185. The van der Waals surface area contributed by atoms with Gasteiger partial charge in [-0.15, -0.1) is 5.10 Å². The van der Waals surface area contributed by atoms with E-state index in [1.807, 2.05) is 24.7 Å². The van der Waals surface area contributed by atoms with Gasteiger partial charge >= 0.3 is 0 Å². The molecule has 4 nitrogen and oxygen atoms in total. The van der Waals surface area contributed by atoms with E-state index >= 15 is 0 Å². The first-order valence-corrected chi connectivity index (χ1v) is 4.47. The highest BCUT2D eigenvalue weighted by Gasteiger charge is 2.27. The third-order valence-electron chi connectivity index (χ3n) is 1.93. The van der Waals surface area contributed by atoms with Crippen LogP contribution in [0.2, 0.25) is 0 Å². The monoisotopic (exact) mass is 182 g/mol. The molecule has 0 atom stereocenters. The molecule has 74 valence electrons. The lowest BCUT2D eigenvalue weighted by atomic mass is 9.88. The fourth-order valence-electron chi connectivity index (χ4n) is 1.73. The van der Waals surface area contributed by atoms with E-state index in [-0.39, 0.29) is 11.1 Å². The molecule has 0 saturated carbocycles. The van der Waals surface area contributed by atoms with Gasteiger partial charge in [0.2, 0.25) is 0 Å². The molecule has 1 aromatic heterocycles. The van der Waals surface area contributed by atoms with Crippen molar-refractivity contribution in [3.8, 4) is 0 Å².